The molecule has 0 unspecified atom stereocenters. The zero-order valence-electron chi connectivity index (χ0n) is 18.0. The fourth-order valence-corrected chi connectivity index (χ4v) is 4.11. The molecule has 0 aromatic heterocycles. The summed E-state index contributed by atoms with van der Waals surface area (Å²) in [5, 5.41) is 0. The third-order valence-corrected chi connectivity index (χ3v) is 5.74. The fourth-order valence-electron chi connectivity index (χ4n) is 4.11. The van der Waals surface area contributed by atoms with E-state index in [9.17, 15) is 9.59 Å². The lowest BCUT2D eigenvalue weighted by molar-refractivity contribution is -0.138. The van der Waals surface area contributed by atoms with Crippen molar-refractivity contribution >= 4 is 17.4 Å². The summed E-state index contributed by atoms with van der Waals surface area (Å²) in [5.41, 5.74) is 2.40. The van der Waals surface area contributed by atoms with E-state index < -0.39 is 0 Å². The quantitative estimate of drug-likeness (QED) is 0.639. The maximum Gasteiger partial charge on any atom is 0.278 e. The Balaban J connectivity index is 1.72. The number of ether oxygens (including phenoxy) is 3. The van der Waals surface area contributed by atoms with Crippen LogP contribution < -0.4 is 14.2 Å². The second kappa shape index (κ2) is 8.71. The van der Waals surface area contributed by atoms with Gasteiger partial charge in [-0.3, -0.25) is 14.5 Å². The number of hydrogen-bond acceptors (Lipinski definition) is 6. The first-order valence-electron chi connectivity index (χ1n) is 10.3. The molecule has 0 atom stereocenters. The maximum atomic E-state index is 13.5. The van der Waals surface area contributed by atoms with Crippen molar-refractivity contribution in [2.75, 3.05) is 34.4 Å². The van der Waals surface area contributed by atoms with E-state index >= 15 is 0 Å². The highest BCUT2D eigenvalue weighted by Gasteiger charge is 2.42. The standard InChI is InChI=1S/C24H26N2O5/c1-29-18-9-6-16(7-10-18)15-26-23(27)21(22(24(26)28)25-12-4-5-13-25)17-8-11-19(30-2)20(14-17)31-3/h6-11,14H,4-5,12-13,15H2,1-3H3. The van der Waals surface area contributed by atoms with Gasteiger partial charge in [0.15, 0.2) is 11.5 Å². The summed E-state index contributed by atoms with van der Waals surface area (Å²) in [6.07, 6.45) is 2.01. The van der Waals surface area contributed by atoms with Crippen LogP contribution in [-0.4, -0.2) is 56.0 Å². The summed E-state index contributed by atoms with van der Waals surface area (Å²) in [4.78, 5) is 30.3. The minimum Gasteiger partial charge on any atom is -0.497 e. The van der Waals surface area contributed by atoms with Gasteiger partial charge in [-0.25, -0.2) is 0 Å². The van der Waals surface area contributed by atoms with Gasteiger partial charge in [0.2, 0.25) is 0 Å². The summed E-state index contributed by atoms with van der Waals surface area (Å²) in [6, 6.07) is 12.7. The molecule has 2 heterocycles. The lowest BCUT2D eigenvalue weighted by Gasteiger charge is -2.20. The van der Waals surface area contributed by atoms with Crippen molar-refractivity contribution in [1.82, 2.24) is 9.80 Å². The molecule has 0 saturated carbocycles. The summed E-state index contributed by atoms with van der Waals surface area (Å²) in [6.45, 7) is 1.73. The average molecular weight is 422 g/mol. The first-order chi connectivity index (χ1) is 15.1. The highest BCUT2D eigenvalue weighted by molar-refractivity contribution is 6.35. The van der Waals surface area contributed by atoms with Gasteiger partial charge < -0.3 is 19.1 Å². The number of likely N-dealkylation sites (tertiary alicyclic amines) is 1. The first kappa shape index (κ1) is 20.8. The molecular formula is C24H26N2O5. The lowest BCUT2D eigenvalue weighted by Crippen LogP contribution is -2.34. The van der Waals surface area contributed by atoms with Crippen LogP contribution in [0.3, 0.4) is 0 Å². The number of nitrogens with zero attached hydrogens (tertiary/aromatic N) is 2. The molecule has 7 heteroatoms. The average Bonchev–Trinajstić information content (AvgIpc) is 3.41. The Morgan fingerprint density at radius 3 is 2.10 bits per heavy atom. The number of benzene rings is 2. The van der Waals surface area contributed by atoms with E-state index in [0.29, 0.717) is 28.3 Å². The van der Waals surface area contributed by atoms with Crippen molar-refractivity contribution < 1.29 is 23.8 Å². The molecule has 2 aliphatic rings. The van der Waals surface area contributed by atoms with Crippen molar-refractivity contribution in [1.29, 1.82) is 0 Å². The lowest BCUT2D eigenvalue weighted by atomic mass is 10.0. The van der Waals surface area contributed by atoms with Crippen LogP contribution in [0.5, 0.6) is 17.2 Å². The molecule has 0 spiro atoms. The SMILES string of the molecule is COc1ccc(CN2C(=O)C(c3ccc(OC)c(OC)c3)=C(N3CCCC3)C2=O)cc1. The second-order valence-corrected chi connectivity index (χ2v) is 7.53. The van der Waals surface area contributed by atoms with E-state index in [2.05, 4.69) is 0 Å². The Kier molecular flexibility index (Phi) is 5.84. The number of imide groups is 1. The second-order valence-electron chi connectivity index (χ2n) is 7.53. The Morgan fingerprint density at radius 2 is 1.48 bits per heavy atom. The number of carbonyl (C=O) groups excluding carboxylic acids is 2. The first-order valence-corrected chi connectivity index (χ1v) is 10.3. The van der Waals surface area contributed by atoms with Crippen LogP contribution in [0.4, 0.5) is 0 Å². The van der Waals surface area contributed by atoms with Crippen molar-refractivity contribution in [3.05, 3.63) is 59.3 Å². The van der Waals surface area contributed by atoms with Crippen molar-refractivity contribution in [2.24, 2.45) is 0 Å². The normalized spacial score (nSPS) is 16.4. The molecule has 7 nitrogen and oxygen atoms in total. The van der Waals surface area contributed by atoms with E-state index in [1.807, 2.05) is 29.2 Å². The molecule has 0 aliphatic carbocycles. The highest BCUT2D eigenvalue weighted by atomic mass is 16.5. The summed E-state index contributed by atoms with van der Waals surface area (Å²) >= 11 is 0. The van der Waals surface area contributed by atoms with Crippen molar-refractivity contribution in [3.8, 4) is 17.2 Å². The zero-order chi connectivity index (χ0) is 22.0. The summed E-state index contributed by atoms with van der Waals surface area (Å²) < 4.78 is 15.9. The Bertz CT molecular complexity index is 1020. The molecule has 162 valence electrons. The van der Waals surface area contributed by atoms with Crippen molar-refractivity contribution in [3.63, 3.8) is 0 Å². The van der Waals surface area contributed by atoms with Crippen LogP contribution in [-0.2, 0) is 16.1 Å². The Hall–Kier alpha value is -3.48. The van der Waals surface area contributed by atoms with Crippen LogP contribution in [0.15, 0.2) is 48.2 Å². The summed E-state index contributed by atoms with van der Waals surface area (Å²) in [7, 11) is 4.71. The highest BCUT2D eigenvalue weighted by Crippen LogP contribution is 2.37. The zero-order valence-corrected chi connectivity index (χ0v) is 18.0. The van der Waals surface area contributed by atoms with Crippen LogP contribution in [0.25, 0.3) is 5.57 Å². The van der Waals surface area contributed by atoms with E-state index in [-0.39, 0.29) is 18.4 Å². The van der Waals surface area contributed by atoms with Gasteiger partial charge >= 0.3 is 0 Å². The van der Waals surface area contributed by atoms with E-state index in [0.717, 1.165) is 37.2 Å². The van der Waals surface area contributed by atoms with Gasteiger partial charge in [-0.1, -0.05) is 18.2 Å². The number of hydrogen-bond donors (Lipinski definition) is 0. The molecule has 2 aliphatic heterocycles. The molecule has 2 aromatic carbocycles. The number of methoxy groups -OCH3 is 3. The minimum absolute atomic E-state index is 0.204. The van der Waals surface area contributed by atoms with Crippen LogP contribution in [0, 0.1) is 0 Å². The third kappa shape index (κ3) is 3.83. The van der Waals surface area contributed by atoms with Crippen LogP contribution in [0.2, 0.25) is 0 Å². The van der Waals surface area contributed by atoms with Crippen LogP contribution >= 0.6 is 0 Å². The molecule has 31 heavy (non-hydrogen) atoms. The number of amides is 2. The summed E-state index contributed by atoms with van der Waals surface area (Å²) in [5.74, 6) is 1.26. The van der Waals surface area contributed by atoms with Gasteiger partial charge in [0, 0.05) is 13.1 Å². The van der Waals surface area contributed by atoms with Gasteiger partial charge in [-0.05, 0) is 48.2 Å². The molecule has 1 fully saturated rings. The van der Waals surface area contributed by atoms with Gasteiger partial charge in [0.1, 0.15) is 11.4 Å². The van der Waals surface area contributed by atoms with Crippen molar-refractivity contribution in [2.45, 2.75) is 19.4 Å². The fraction of sp³-hybridized carbons (Fsp3) is 0.333. The maximum absolute atomic E-state index is 13.5. The van der Waals surface area contributed by atoms with Gasteiger partial charge in [-0.2, -0.15) is 0 Å². The predicted molar refractivity (Wildman–Crippen MR) is 116 cm³/mol. The Morgan fingerprint density at radius 1 is 0.806 bits per heavy atom. The number of carbonyl (C=O) groups is 2. The molecule has 1 saturated heterocycles. The smallest absolute Gasteiger partial charge is 0.278 e. The molecular weight excluding hydrogens is 396 g/mol. The molecule has 2 aromatic rings. The topological polar surface area (TPSA) is 68.3 Å². The Labute approximate surface area is 181 Å². The van der Waals surface area contributed by atoms with Gasteiger partial charge in [0.05, 0.1) is 33.4 Å². The van der Waals surface area contributed by atoms with E-state index in [1.165, 1.54) is 4.90 Å². The molecule has 0 N–H and O–H groups in total. The third-order valence-electron chi connectivity index (χ3n) is 5.74. The molecule has 0 radical (unpaired) electrons. The monoisotopic (exact) mass is 422 g/mol. The van der Waals surface area contributed by atoms with Crippen LogP contribution in [0.1, 0.15) is 24.0 Å². The van der Waals surface area contributed by atoms with E-state index in [1.54, 1.807) is 39.5 Å². The molecule has 4 rings (SSSR count). The number of rotatable bonds is 7. The molecule has 0 bridgehead atoms. The van der Waals surface area contributed by atoms with Gasteiger partial charge in [0.25, 0.3) is 11.8 Å². The van der Waals surface area contributed by atoms with Gasteiger partial charge in [-0.15, -0.1) is 0 Å². The predicted octanol–water partition coefficient (Wildman–Crippen LogP) is 3.09. The minimum atomic E-state index is -0.296. The van der Waals surface area contributed by atoms with E-state index in [4.69, 9.17) is 14.2 Å². The molecule has 2 amide bonds. The largest absolute Gasteiger partial charge is 0.497 e.